The van der Waals surface area contributed by atoms with Crippen LogP contribution in [-0.2, 0) is 17.8 Å². The molecule has 1 saturated carbocycles. The number of benzene rings is 1. The number of hydrogen-bond acceptors (Lipinski definition) is 7. The lowest BCUT2D eigenvalue weighted by Gasteiger charge is -2.42. The molecule has 3 heterocycles. The van der Waals surface area contributed by atoms with E-state index in [1.54, 1.807) is 17.7 Å². The first kappa shape index (κ1) is 23.8. The van der Waals surface area contributed by atoms with Crippen molar-refractivity contribution in [3.05, 3.63) is 52.7 Å². The first-order valence-corrected chi connectivity index (χ1v) is 14.3. The van der Waals surface area contributed by atoms with Gasteiger partial charge in [-0.05, 0) is 55.6 Å². The number of nitrogens with two attached hydrogens (primary N) is 1. The van der Waals surface area contributed by atoms with Crippen molar-refractivity contribution in [1.82, 2.24) is 19.8 Å². The molecular formula is C28H36N6OS. The molecule has 1 aromatic carbocycles. The lowest BCUT2D eigenvalue weighted by Crippen LogP contribution is -2.51. The number of piperazine rings is 1. The highest BCUT2D eigenvalue weighted by atomic mass is 32.1. The van der Waals surface area contributed by atoms with Gasteiger partial charge in [-0.25, -0.2) is 9.97 Å². The van der Waals surface area contributed by atoms with Gasteiger partial charge in [-0.2, -0.15) is 0 Å². The fraction of sp³-hybridized carbons (Fsp3) is 0.536. The maximum Gasteiger partial charge on any atom is 0.218 e. The molecule has 0 radical (unpaired) electrons. The molecule has 0 spiro atoms. The fourth-order valence-corrected chi connectivity index (χ4v) is 7.77. The third-order valence-electron chi connectivity index (χ3n) is 8.39. The summed E-state index contributed by atoms with van der Waals surface area (Å²) in [4.78, 5) is 28.6. The summed E-state index contributed by atoms with van der Waals surface area (Å²) < 4.78 is 0. The van der Waals surface area contributed by atoms with E-state index in [0.29, 0.717) is 18.5 Å². The van der Waals surface area contributed by atoms with E-state index in [2.05, 4.69) is 55.4 Å². The zero-order valence-corrected chi connectivity index (χ0v) is 21.7. The van der Waals surface area contributed by atoms with Crippen LogP contribution in [0.4, 0.5) is 5.82 Å². The van der Waals surface area contributed by atoms with E-state index in [9.17, 15) is 4.79 Å². The van der Waals surface area contributed by atoms with Crippen molar-refractivity contribution in [3.63, 3.8) is 0 Å². The minimum Gasteiger partial charge on any atom is -0.370 e. The van der Waals surface area contributed by atoms with Crippen LogP contribution in [-0.4, -0.2) is 63.9 Å². The first-order chi connectivity index (χ1) is 17.6. The smallest absolute Gasteiger partial charge is 0.218 e. The lowest BCUT2D eigenvalue weighted by molar-refractivity contribution is -0.118. The van der Waals surface area contributed by atoms with Crippen LogP contribution in [0, 0.1) is 0 Å². The Hall–Kier alpha value is -2.55. The van der Waals surface area contributed by atoms with E-state index in [1.807, 2.05) is 0 Å². The van der Waals surface area contributed by atoms with E-state index in [0.717, 1.165) is 61.4 Å². The quantitative estimate of drug-likeness (QED) is 0.503. The van der Waals surface area contributed by atoms with E-state index in [4.69, 9.17) is 5.73 Å². The third-order valence-corrected chi connectivity index (χ3v) is 9.56. The topological polar surface area (TPSA) is 87.4 Å². The fourth-order valence-electron chi connectivity index (χ4n) is 6.53. The second-order valence-corrected chi connectivity index (χ2v) is 11.8. The largest absolute Gasteiger partial charge is 0.370 e. The molecule has 3 aromatic rings. The molecular weight excluding hydrogens is 468 g/mol. The molecule has 1 aliphatic heterocycles. The number of aromatic nitrogens is 2. The van der Waals surface area contributed by atoms with Crippen molar-refractivity contribution in [3.8, 4) is 0 Å². The first-order valence-electron chi connectivity index (χ1n) is 13.5. The summed E-state index contributed by atoms with van der Waals surface area (Å²) in [6.45, 7) is 5.71. The number of carbonyl (C=O) groups is 1. The molecule has 190 valence electrons. The Kier molecular flexibility index (Phi) is 6.91. The van der Waals surface area contributed by atoms with Crippen molar-refractivity contribution >= 4 is 33.3 Å². The summed E-state index contributed by atoms with van der Waals surface area (Å²) in [5.41, 5.74) is 8.24. The van der Waals surface area contributed by atoms with Crippen LogP contribution in [0.5, 0.6) is 0 Å². The molecule has 2 aliphatic carbocycles. The summed E-state index contributed by atoms with van der Waals surface area (Å²) in [6.07, 6.45) is 8.90. The molecule has 1 saturated heterocycles. The van der Waals surface area contributed by atoms with Crippen molar-refractivity contribution in [1.29, 1.82) is 0 Å². The van der Waals surface area contributed by atoms with Gasteiger partial charge in [0.15, 0.2) is 0 Å². The standard InChI is InChI=1S/C28H36N6OS/c29-24(35)16-20-6-11-23-25(20)26-27(30-18-31-28(26)36-23)32-21-7-9-22(10-8-21)34-14-12-33(13-15-34)17-19-4-2-1-3-5-19/h1-5,18,20-22H,6-17H2,(H2,29,35)(H,30,31,32)/t20-,21-,22-/m1/s1. The van der Waals surface area contributed by atoms with Gasteiger partial charge in [0.05, 0.1) is 5.39 Å². The molecule has 3 N–H and O–H groups in total. The van der Waals surface area contributed by atoms with Crippen LogP contribution < -0.4 is 11.1 Å². The lowest BCUT2D eigenvalue weighted by atomic mass is 9.89. The summed E-state index contributed by atoms with van der Waals surface area (Å²) in [7, 11) is 0. The van der Waals surface area contributed by atoms with Crippen molar-refractivity contribution in [2.45, 2.75) is 69.5 Å². The number of aryl methyl sites for hydroxylation is 1. The van der Waals surface area contributed by atoms with Gasteiger partial charge in [0.2, 0.25) is 5.91 Å². The molecule has 8 heteroatoms. The summed E-state index contributed by atoms with van der Waals surface area (Å²) in [5.74, 6) is 0.929. The minimum atomic E-state index is -0.224. The van der Waals surface area contributed by atoms with Crippen molar-refractivity contribution in [2.24, 2.45) is 5.73 Å². The Balaban J connectivity index is 1.05. The number of nitrogens with one attached hydrogen (secondary N) is 1. The van der Waals surface area contributed by atoms with Crippen LogP contribution in [0.3, 0.4) is 0 Å². The van der Waals surface area contributed by atoms with Gasteiger partial charge in [0.25, 0.3) is 0 Å². The monoisotopic (exact) mass is 504 g/mol. The number of amides is 1. The maximum atomic E-state index is 11.7. The number of anilines is 1. The number of hydrogen-bond donors (Lipinski definition) is 2. The van der Waals surface area contributed by atoms with Gasteiger partial charge in [-0.1, -0.05) is 30.3 Å². The Morgan fingerprint density at radius 1 is 1.03 bits per heavy atom. The highest BCUT2D eigenvalue weighted by Gasteiger charge is 2.32. The zero-order valence-electron chi connectivity index (χ0n) is 20.9. The Morgan fingerprint density at radius 2 is 1.81 bits per heavy atom. The SMILES string of the molecule is NC(=O)C[C@H]1CCc2sc3ncnc(N[C@H]4CC[C@H](N5CCN(Cc6ccccc6)CC5)CC4)c3c21. The van der Waals surface area contributed by atoms with Gasteiger partial charge in [-0.3, -0.25) is 14.6 Å². The molecule has 0 unspecified atom stereocenters. The van der Waals surface area contributed by atoms with Crippen molar-refractivity contribution < 1.29 is 4.79 Å². The number of carbonyl (C=O) groups excluding carboxylic acids is 1. The number of nitrogens with zero attached hydrogens (tertiary/aromatic N) is 4. The normalized spacial score (nSPS) is 25.2. The van der Waals surface area contributed by atoms with Gasteiger partial charge in [-0.15, -0.1) is 11.3 Å². The number of fused-ring (bicyclic) bond motifs is 3. The summed E-state index contributed by atoms with van der Waals surface area (Å²) in [6, 6.07) is 11.9. The highest BCUT2D eigenvalue weighted by molar-refractivity contribution is 7.19. The number of rotatable bonds is 7. The van der Waals surface area contributed by atoms with E-state index < -0.39 is 0 Å². The van der Waals surface area contributed by atoms with Crippen LogP contribution in [0.15, 0.2) is 36.7 Å². The maximum absolute atomic E-state index is 11.7. The molecule has 1 atom stereocenters. The Bertz CT molecular complexity index is 1200. The molecule has 1 amide bonds. The van der Waals surface area contributed by atoms with Crippen LogP contribution >= 0.6 is 11.3 Å². The van der Waals surface area contributed by atoms with Crippen LogP contribution in [0.1, 0.15) is 60.4 Å². The Morgan fingerprint density at radius 3 is 2.56 bits per heavy atom. The average Bonchev–Trinajstić information content (AvgIpc) is 3.45. The predicted octanol–water partition coefficient (Wildman–Crippen LogP) is 4.14. The third kappa shape index (κ3) is 4.99. The van der Waals surface area contributed by atoms with Gasteiger partial charge >= 0.3 is 0 Å². The van der Waals surface area contributed by atoms with Gasteiger partial charge in [0.1, 0.15) is 17.0 Å². The Labute approximate surface area is 217 Å². The molecule has 2 aromatic heterocycles. The minimum absolute atomic E-state index is 0.203. The van der Waals surface area contributed by atoms with E-state index in [1.165, 1.54) is 41.9 Å². The van der Waals surface area contributed by atoms with Crippen molar-refractivity contribution in [2.75, 3.05) is 31.5 Å². The number of primary amides is 1. The summed E-state index contributed by atoms with van der Waals surface area (Å²) >= 11 is 1.76. The van der Waals surface area contributed by atoms with E-state index in [-0.39, 0.29) is 11.8 Å². The van der Waals surface area contributed by atoms with Gasteiger partial charge in [0, 0.05) is 56.1 Å². The molecule has 2 fully saturated rings. The van der Waals surface area contributed by atoms with E-state index >= 15 is 0 Å². The molecule has 3 aliphatic rings. The van der Waals surface area contributed by atoms with Crippen LogP contribution in [0.25, 0.3) is 10.2 Å². The molecule has 6 rings (SSSR count). The zero-order chi connectivity index (χ0) is 24.5. The predicted molar refractivity (Wildman–Crippen MR) is 145 cm³/mol. The number of thiophene rings is 1. The average molecular weight is 505 g/mol. The van der Waals surface area contributed by atoms with Gasteiger partial charge < -0.3 is 11.1 Å². The second kappa shape index (κ2) is 10.4. The molecule has 36 heavy (non-hydrogen) atoms. The molecule has 7 nitrogen and oxygen atoms in total. The molecule has 0 bridgehead atoms. The van der Waals surface area contributed by atoms with Crippen LogP contribution in [0.2, 0.25) is 0 Å². The second-order valence-electron chi connectivity index (χ2n) is 10.7. The summed E-state index contributed by atoms with van der Waals surface area (Å²) in [5, 5.41) is 4.92. The highest BCUT2D eigenvalue weighted by Crippen LogP contribution is 2.46.